The van der Waals surface area contributed by atoms with Crippen LogP contribution in [0, 0.1) is 13.8 Å². The smallest absolute Gasteiger partial charge is 0.134 e. The first-order chi connectivity index (χ1) is 18.0. The van der Waals surface area contributed by atoms with Crippen molar-refractivity contribution in [2.45, 2.75) is 47.0 Å². The lowest BCUT2D eigenvalue weighted by atomic mass is 9.87. The first-order valence-electron chi connectivity index (χ1n) is 13.0. The van der Waals surface area contributed by atoms with E-state index >= 15 is 0 Å². The van der Waals surface area contributed by atoms with Crippen LogP contribution in [-0.4, -0.2) is 0 Å². The molecule has 0 spiro atoms. The molecule has 4 rings (SSSR count). The molecule has 4 aromatic rings. The Balaban J connectivity index is 1.57. The molecule has 0 amide bonds. The number of para-hydroxylation sites is 2. The molecule has 0 saturated heterocycles. The van der Waals surface area contributed by atoms with Crippen molar-refractivity contribution in [1.29, 1.82) is 0 Å². The Morgan fingerprint density at radius 1 is 0.595 bits per heavy atom. The second-order valence-corrected chi connectivity index (χ2v) is 9.29. The Hall–Kier alpha value is -4.04. The van der Waals surface area contributed by atoms with Crippen LogP contribution in [0.25, 0.3) is 12.2 Å². The van der Waals surface area contributed by atoms with E-state index in [2.05, 4.69) is 81.5 Å². The van der Waals surface area contributed by atoms with Crippen LogP contribution in [-0.2, 0) is 0 Å². The van der Waals surface area contributed by atoms with E-state index in [0.717, 1.165) is 51.7 Å². The third-order valence-corrected chi connectivity index (χ3v) is 6.58. The van der Waals surface area contributed by atoms with Gasteiger partial charge in [-0.25, -0.2) is 0 Å². The average Bonchev–Trinajstić information content (AvgIpc) is 2.90. The predicted octanol–water partition coefficient (Wildman–Crippen LogP) is 10.5. The van der Waals surface area contributed by atoms with Gasteiger partial charge < -0.3 is 9.47 Å². The van der Waals surface area contributed by atoms with Crippen molar-refractivity contribution in [1.82, 2.24) is 0 Å². The molecule has 0 bridgehead atoms. The summed E-state index contributed by atoms with van der Waals surface area (Å²) in [6.45, 7) is 10.5. The molecular weight excluding hydrogens is 452 g/mol. The quantitative estimate of drug-likeness (QED) is 0.233. The van der Waals surface area contributed by atoms with E-state index < -0.39 is 0 Å². The van der Waals surface area contributed by atoms with E-state index in [1.54, 1.807) is 0 Å². The van der Waals surface area contributed by atoms with Gasteiger partial charge in [-0.05, 0) is 80.6 Å². The monoisotopic (exact) mass is 488 g/mol. The summed E-state index contributed by atoms with van der Waals surface area (Å²) in [6.07, 6.45) is 9.21. The van der Waals surface area contributed by atoms with Gasteiger partial charge in [-0.1, -0.05) is 91.9 Å². The lowest BCUT2D eigenvalue weighted by molar-refractivity contribution is 0.477. The molecule has 0 radical (unpaired) electrons. The summed E-state index contributed by atoms with van der Waals surface area (Å²) in [4.78, 5) is 0. The minimum atomic E-state index is 0.297. The summed E-state index contributed by atoms with van der Waals surface area (Å²) in [5.41, 5.74) is 6.99. The van der Waals surface area contributed by atoms with Crippen LogP contribution in [0.15, 0.2) is 97.1 Å². The molecule has 2 heteroatoms. The van der Waals surface area contributed by atoms with Gasteiger partial charge in [0.2, 0.25) is 0 Å². The van der Waals surface area contributed by atoms with Crippen molar-refractivity contribution in [3.63, 3.8) is 0 Å². The van der Waals surface area contributed by atoms with Crippen molar-refractivity contribution in [2.75, 3.05) is 0 Å². The van der Waals surface area contributed by atoms with E-state index in [1.807, 2.05) is 62.4 Å². The van der Waals surface area contributed by atoms with E-state index in [4.69, 9.17) is 9.47 Å². The number of aryl methyl sites for hydroxylation is 2. The Labute approximate surface area is 221 Å². The Morgan fingerprint density at radius 3 is 1.41 bits per heavy atom. The lowest BCUT2D eigenvalue weighted by Gasteiger charge is -2.20. The van der Waals surface area contributed by atoms with Gasteiger partial charge in [0, 0.05) is 17.0 Å². The standard InChI is InChI=1S/C35H36O2/c1-6-13-27-15-9-11-17-34(27)36-32-21-19-29(23-25(32)4)31(8-3)30-20-22-33(26(5)24-30)37-35-18-12-10-16-28(35)14-7-2/h6-7,9-24,31H,8H2,1-5H3. The molecule has 0 aromatic heterocycles. The molecule has 0 saturated carbocycles. The van der Waals surface area contributed by atoms with E-state index in [1.165, 1.54) is 11.1 Å². The van der Waals surface area contributed by atoms with E-state index in [-0.39, 0.29) is 0 Å². The van der Waals surface area contributed by atoms with Gasteiger partial charge in [-0.15, -0.1) is 0 Å². The maximum absolute atomic E-state index is 6.31. The van der Waals surface area contributed by atoms with Gasteiger partial charge in [0.1, 0.15) is 23.0 Å². The van der Waals surface area contributed by atoms with Crippen molar-refractivity contribution in [3.8, 4) is 23.0 Å². The summed E-state index contributed by atoms with van der Waals surface area (Å²) in [7, 11) is 0. The fraction of sp³-hybridized carbons (Fsp3) is 0.200. The zero-order valence-corrected chi connectivity index (χ0v) is 22.5. The number of rotatable bonds is 9. The molecule has 37 heavy (non-hydrogen) atoms. The fourth-order valence-corrected chi connectivity index (χ4v) is 4.69. The second kappa shape index (κ2) is 12.3. The molecule has 2 nitrogen and oxygen atoms in total. The number of benzene rings is 4. The van der Waals surface area contributed by atoms with Crippen LogP contribution in [0.3, 0.4) is 0 Å². The van der Waals surface area contributed by atoms with Gasteiger partial charge in [0.15, 0.2) is 0 Å². The minimum Gasteiger partial charge on any atom is -0.456 e. The molecule has 0 fully saturated rings. The van der Waals surface area contributed by atoms with Gasteiger partial charge in [0.25, 0.3) is 0 Å². The molecule has 0 aliphatic rings. The van der Waals surface area contributed by atoms with Crippen LogP contribution in [0.4, 0.5) is 0 Å². The van der Waals surface area contributed by atoms with E-state index in [0.29, 0.717) is 5.92 Å². The first kappa shape index (κ1) is 26.0. The van der Waals surface area contributed by atoms with Crippen LogP contribution >= 0.6 is 0 Å². The van der Waals surface area contributed by atoms with Gasteiger partial charge in [-0.3, -0.25) is 0 Å². The largest absolute Gasteiger partial charge is 0.456 e. The third kappa shape index (κ3) is 6.21. The summed E-state index contributed by atoms with van der Waals surface area (Å²) in [6, 6.07) is 29.4. The van der Waals surface area contributed by atoms with Crippen LogP contribution in [0.5, 0.6) is 23.0 Å². The average molecular weight is 489 g/mol. The van der Waals surface area contributed by atoms with Crippen molar-refractivity contribution >= 4 is 12.2 Å². The summed E-state index contributed by atoms with van der Waals surface area (Å²) < 4.78 is 12.6. The van der Waals surface area contributed by atoms with Crippen LogP contribution in [0.2, 0.25) is 0 Å². The van der Waals surface area contributed by atoms with Crippen molar-refractivity contribution in [2.24, 2.45) is 0 Å². The fourth-order valence-electron chi connectivity index (χ4n) is 4.69. The Bertz CT molecular complexity index is 1300. The van der Waals surface area contributed by atoms with Crippen molar-refractivity contribution in [3.05, 3.63) is 130 Å². The first-order valence-corrected chi connectivity index (χ1v) is 13.0. The zero-order valence-electron chi connectivity index (χ0n) is 22.5. The van der Waals surface area contributed by atoms with Crippen LogP contribution in [0.1, 0.15) is 66.5 Å². The molecule has 0 aliphatic carbocycles. The molecule has 4 aromatic carbocycles. The molecule has 188 valence electrons. The number of hydrogen-bond acceptors (Lipinski definition) is 2. The number of allylic oxidation sites excluding steroid dienone is 2. The zero-order chi connectivity index (χ0) is 26.2. The highest BCUT2D eigenvalue weighted by molar-refractivity contribution is 5.59. The van der Waals surface area contributed by atoms with Crippen molar-refractivity contribution < 1.29 is 9.47 Å². The highest BCUT2D eigenvalue weighted by atomic mass is 16.5. The molecule has 0 heterocycles. The normalized spacial score (nSPS) is 12.2. The molecular formula is C35H36O2. The highest BCUT2D eigenvalue weighted by Crippen LogP contribution is 2.36. The predicted molar refractivity (Wildman–Crippen MR) is 157 cm³/mol. The van der Waals surface area contributed by atoms with Gasteiger partial charge in [-0.2, -0.15) is 0 Å². The van der Waals surface area contributed by atoms with E-state index in [9.17, 15) is 0 Å². The summed E-state index contributed by atoms with van der Waals surface area (Å²) >= 11 is 0. The molecule has 0 unspecified atom stereocenters. The van der Waals surface area contributed by atoms with Crippen LogP contribution < -0.4 is 9.47 Å². The molecule has 0 N–H and O–H groups in total. The second-order valence-electron chi connectivity index (χ2n) is 9.29. The maximum atomic E-state index is 6.31. The van der Waals surface area contributed by atoms with Gasteiger partial charge >= 0.3 is 0 Å². The summed E-state index contributed by atoms with van der Waals surface area (Å²) in [5.74, 6) is 3.80. The highest BCUT2D eigenvalue weighted by Gasteiger charge is 2.16. The number of ether oxygens (including phenoxy) is 2. The topological polar surface area (TPSA) is 18.5 Å². The number of hydrogen-bond donors (Lipinski definition) is 0. The van der Waals surface area contributed by atoms with Gasteiger partial charge in [0.05, 0.1) is 0 Å². The maximum Gasteiger partial charge on any atom is 0.134 e. The Morgan fingerprint density at radius 2 is 1.03 bits per heavy atom. The Kier molecular flexibility index (Phi) is 8.64. The SMILES string of the molecule is CC=Cc1ccccc1Oc1ccc(C(CC)c2ccc(Oc3ccccc3C=CC)c(C)c2)cc1C. The molecule has 0 atom stereocenters. The summed E-state index contributed by atoms with van der Waals surface area (Å²) in [5, 5.41) is 0. The molecule has 0 aliphatic heterocycles. The lowest BCUT2D eigenvalue weighted by Crippen LogP contribution is -2.02. The minimum absolute atomic E-state index is 0.297. The third-order valence-electron chi connectivity index (χ3n) is 6.58.